The zero-order chi connectivity index (χ0) is 16.0. The van der Waals surface area contributed by atoms with Gasteiger partial charge in [-0.2, -0.15) is 0 Å². The molecule has 0 heterocycles. The number of nitrogens with one attached hydrogen (secondary N) is 2. The topological polar surface area (TPSA) is 84.5 Å². The van der Waals surface area contributed by atoms with Gasteiger partial charge in [-0.1, -0.05) is 11.6 Å². The van der Waals surface area contributed by atoms with Gasteiger partial charge >= 0.3 is 5.97 Å². The van der Waals surface area contributed by atoms with Gasteiger partial charge in [-0.15, -0.1) is 0 Å². The molecule has 0 aliphatic carbocycles. The SMILES string of the molecule is CNC(=O)c1cc(Cl)cc(C)c1NC(=O)/C=C\C(=O)OC. The molecule has 0 unspecified atom stereocenters. The van der Waals surface area contributed by atoms with Gasteiger partial charge in [0.15, 0.2) is 0 Å². The quantitative estimate of drug-likeness (QED) is 0.654. The van der Waals surface area contributed by atoms with Crippen LogP contribution in [0, 0.1) is 6.92 Å². The fourth-order valence-electron chi connectivity index (χ4n) is 1.60. The van der Waals surface area contributed by atoms with E-state index < -0.39 is 11.9 Å². The summed E-state index contributed by atoms with van der Waals surface area (Å²) >= 11 is 5.91. The molecule has 0 saturated heterocycles. The Morgan fingerprint density at radius 1 is 1.24 bits per heavy atom. The summed E-state index contributed by atoms with van der Waals surface area (Å²) in [6.45, 7) is 1.71. The maximum Gasteiger partial charge on any atom is 0.330 e. The zero-order valence-electron chi connectivity index (χ0n) is 11.8. The summed E-state index contributed by atoms with van der Waals surface area (Å²) in [5.74, 6) is -1.59. The molecular weight excluding hydrogens is 296 g/mol. The highest BCUT2D eigenvalue weighted by Gasteiger charge is 2.15. The summed E-state index contributed by atoms with van der Waals surface area (Å²) < 4.78 is 4.38. The Balaban J connectivity index is 3.07. The van der Waals surface area contributed by atoms with E-state index in [1.54, 1.807) is 13.0 Å². The second-order valence-electron chi connectivity index (χ2n) is 4.07. The van der Waals surface area contributed by atoms with E-state index in [0.29, 0.717) is 16.3 Å². The molecule has 6 nitrogen and oxygen atoms in total. The zero-order valence-corrected chi connectivity index (χ0v) is 12.6. The van der Waals surface area contributed by atoms with Gasteiger partial charge in [0.25, 0.3) is 5.91 Å². The Hall–Kier alpha value is -2.34. The minimum atomic E-state index is -0.649. The molecule has 0 aliphatic heterocycles. The Morgan fingerprint density at radius 2 is 1.90 bits per heavy atom. The molecule has 2 N–H and O–H groups in total. The van der Waals surface area contributed by atoms with Crippen LogP contribution >= 0.6 is 11.6 Å². The first-order valence-corrected chi connectivity index (χ1v) is 6.36. The van der Waals surface area contributed by atoms with Crippen molar-refractivity contribution in [1.29, 1.82) is 0 Å². The molecular formula is C14H15ClN2O4. The van der Waals surface area contributed by atoms with Crippen LogP contribution in [0.3, 0.4) is 0 Å². The lowest BCUT2D eigenvalue weighted by Gasteiger charge is -2.12. The van der Waals surface area contributed by atoms with E-state index in [9.17, 15) is 14.4 Å². The average molecular weight is 311 g/mol. The van der Waals surface area contributed by atoms with Gasteiger partial charge < -0.3 is 15.4 Å². The van der Waals surface area contributed by atoms with Crippen LogP contribution in [0.2, 0.25) is 5.02 Å². The van der Waals surface area contributed by atoms with Gasteiger partial charge in [0.1, 0.15) is 0 Å². The van der Waals surface area contributed by atoms with Crippen molar-refractivity contribution in [3.63, 3.8) is 0 Å². The van der Waals surface area contributed by atoms with Crippen LogP contribution in [0.1, 0.15) is 15.9 Å². The number of methoxy groups -OCH3 is 1. The number of benzene rings is 1. The molecule has 1 rings (SSSR count). The van der Waals surface area contributed by atoms with Crippen molar-refractivity contribution in [2.75, 3.05) is 19.5 Å². The third kappa shape index (κ3) is 4.61. The number of rotatable bonds is 4. The average Bonchev–Trinajstić information content (AvgIpc) is 2.46. The number of anilines is 1. The lowest BCUT2D eigenvalue weighted by atomic mass is 10.1. The highest BCUT2D eigenvalue weighted by Crippen LogP contribution is 2.25. The maximum atomic E-state index is 11.8. The molecule has 1 aromatic rings. The first-order valence-electron chi connectivity index (χ1n) is 5.98. The lowest BCUT2D eigenvalue weighted by molar-refractivity contribution is -0.135. The normalized spacial score (nSPS) is 10.3. The van der Waals surface area contributed by atoms with Crippen LogP contribution in [0.15, 0.2) is 24.3 Å². The molecule has 0 radical (unpaired) electrons. The van der Waals surface area contributed by atoms with Gasteiger partial charge in [-0.05, 0) is 24.6 Å². The van der Waals surface area contributed by atoms with Gasteiger partial charge in [0, 0.05) is 24.2 Å². The molecule has 0 spiro atoms. The molecule has 2 amide bonds. The van der Waals surface area contributed by atoms with E-state index in [0.717, 1.165) is 12.2 Å². The third-order valence-electron chi connectivity index (χ3n) is 2.59. The monoisotopic (exact) mass is 310 g/mol. The van der Waals surface area contributed by atoms with E-state index >= 15 is 0 Å². The summed E-state index contributed by atoms with van der Waals surface area (Å²) in [6, 6.07) is 3.07. The first-order chi connectivity index (χ1) is 9.88. The van der Waals surface area contributed by atoms with Crippen molar-refractivity contribution in [2.24, 2.45) is 0 Å². The fourth-order valence-corrected chi connectivity index (χ4v) is 1.87. The van der Waals surface area contributed by atoms with E-state index in [1.807, 2.05) is 0 Å². The largest absolute Gasteiger partial charge is 0.466 e. The third-order valence-corrected chi connectivity index (χ3v) is 2.81. The summed E-state index contributed by atoms with van der Waals surface area (Å²) in [4.78, 5) is 34.5. The van der Waals surface area contributed by atoms with Crippen molar-refractivity contribution in [2.45, 2.75) is 6.92 Å². The number of carbonyl (C=O) groups excluding carboxylic acids is 3. The van der Waals surface area contributed by atoms with Gasteiger partial charge in [0.05, 0.1) is 18.4 Å². The Kier molecular flexibility index (Phi) is 5.92. The van der Waals surface area contributed by atoms with Crippen LogP contribution in [0.4, 0.5) is 5.69 Å². The highest BCUT2D eigenvalue weighted by atomic mass is 35.5. The smallest absolute Gasteiger partial charge is 0.330 e. The van der Waals surface area contributed by atoms with E-state index in [2.05, 4.69) is 15.4 Å². The van der Waals surface area contributed by atoms with Crippen molar-refractivity contribution in [1.82, 2.24) is 5.32 Å². The van der Waals surface area contributed by atoms with E-state index in [-0.39, 0.29) is 11.5 Å². The van der Waals surface area contributed by atoms with Crippen molar-refractivity contribution >= 4 is 35.1 Å². The van der Waals surface area contributed by atoms with Crippen LogP contribution in [0.5, 0.6) is 0 Å². The number of hydrogen-bond acceptors (Lipinski definition) is 4. The molecule has 7 heteroatoms. The number of ether oxygens (including phenoxy) is 1. The standard InChI is InChI=1S/C14H15ClN2O4/c1-8-6-9(15)7-10(14(20)16-2)13(8)17-11(18)4-5-12(19)21-3/h4-7H,1-3H3,(H,16,20)(H,17,18)/b5-4-. The molecule has 0 atom stereocenters. The number of halogens is 1. The van der Waals surface area contributed by atoms with Gasteiger partial charge in [-0.3, -0.25) is 9.59 Å². The predicted molar refractivity (Wildman–Crippen MR) is 79.4 cm³/mol. The molecule has 21 heavy (non-hydrogen) atoms. The molecule has 0 fully saturated rings. The predicted octanol–water partition coefficient (Wildman–Crippen LogP) is 1.68. The minimum Gasteiger partial charge on any atom is -0.466 e. The van der Waals surface area contributed by atoms with Crippen LogP contribution in [-0.4, -0.2) is 31.9 Å². The maximum absolute atomic E-state index is 11.8. The van der Waals surface area contributed by atoms with E-state index in [4.69, 9.17) is 11.6 Å². The highest BCUT2D eigenvalue weighted by molar-refractivity contribution is 6.31. The summed E-state index contributed by atoms with van der Waals surface area (Å²) in [5.41, 5.74) is 1.20. The molecule has 0 saturated carbocycles. The van der Waals surface area contributed by atoms with Crippen LogP contribution in [0.25, 0.3) is 0 Å². The number of esters is 1. The van der Waals surface area contributed by atoms with Gasteiger partial charge in [0.2, 0.25) is 5.91 Å². The summed E-state index contributed by atoms with van der Waals surface area (Å²) in [5, 5.41) is 5.40. The molecule has 0 bridgehead atoms. The minimum absolute atomic E-state index is 0.238. The summed E-state index contributed by atoms with van der Waals surface area (Å²) in [6.07, 6.45) is 2.01. The fraction of sp³-hybridized carbons (Fsp3) is 0.214. The second kappa shape index (κ2) is 7.44. The van der Waals surface area contributed by atoms with Gasteiger partial charge in [-0.25, -0.2) is 4.79 Å². The Labute approximate surface area is 127 Å². The van der Waals surface area contributed by atoms with Crippen molar-refractivity contribution in [3.8, 4) is 0 Å². The Bertz CT molecular complexity index is 611. The lowest BCUT2D eigenvalue weighted by Crippen LogP contribution is -2.21. The van der Waals surface area contributed by atoms with E-state index in [1.165, 1.54) is 20.2 Å². The van der Waals surface area contributed by atoms with Crippen LogP contribution in [-0.2, 0) is 14.3 Å². The molecule has 0 aliphatic rings. The first kappa shape index (κ1) is 16.7. The summed E-state index contributed by atoms with van der Waals surface area (Å²) in [7, 11) is 2.68. The number of aryl methyl sites for hydroxylation is 1. The Morgan fingerprint density at radius 3 is 2.48 bits per heavy atom. The van der Waals surface area contributed by atoms with Crippen molar-refractivity contribution in [3.05, 3.63) is 40.4 Å². The van der Waals surface area contributed by atoms with Crippen molar-refractivity contribution < 1.29 is 19.1 Å². The van der Waals surface area contributed by atoms with Crippen LogP contribution < -0.4 is 10.6 Å². The number of amides is 2. The number of hydrogen-bond donors (Lipinski definition) is 2. The number of carbonyl (C=O) groups is 3. The molecule has 112 valence electrons. The molecule has 0 aromatic heterocycles. The molecule has 1 aromatic carbocycles. The second-order valence-corrected chi connectivity index (χ2v) is 4.51.